The molecular formula is C12H18N2O3. The molecule has 1 aromatic heterocycles. The lowest BCUT2D eigenvalue weighted by atomic mass is 10.00. The maximum Gasteiger partial charge on any atom is 0.356 e. The van der Waals surface area contributed by atoms with Crippen molar-refractivity contribution in [2.45, 2.75) is 25.8 Å². The Balaban J connectivity index is 2.89. The number of methoxy groups -OCH3 is 1. The minimum absolute atomic E-state index is 0.0133. The third-order valence-electron chi connectivity index (χ3n) is 2.73. The molecule has 2 N–H and O–H groups in total. The Morgan fingerprint density at radius 3 is 2.88 bits per heavy atom. The fourth-order valence-electron chi connectivity index (χ4n) is 1.31. The van der Waals surface area contributed by atoms with Crippen LogP contribution in [-0.2, 0) is 4.74 Å². The second-order valence-electron chi connectivity index (χ2n) is 4.12. The zero-order valence-electron chi connectivity index (χ0n) is 10.4. The van der Waals surface area contributed by atoms with E-state index in [1.807, 2.05) is 13.8 Å². The van der Waals surface area contributed by atoms with Crippen molar-refractivity contribution in [3.8, 4) is 0 Å². The van der Waals surface area contributed by atoms with E-state index < -0.39 is 11.5 Å². The van der Waals surface area contributed by atoms with E-state index in [1.165, 1.54) is 13.3 Å². The van der Waals surface area contributed by atoms with Crippen LogP contribution in [-0.4, -0.2) is 35.3 Å². The lowest BCUT2D eigenvalue weighted by Gasteiger charge is -2.28. The smallest absolute Gasteiger partial charge is 0.356 e. The molecule has 0 spiro atoms. The van der Waals surface area contributed by atoms with Gasteiger partial charge in [-0.2, -0.15) is 0 Å². The summed E-state index contributed by atoms with van der Waals surface area (Å²) in [5, 5.41) is 12.5. The fourth-order valence-corrected chi connectivity index (χ4v) is 1.31. The number of nitrogens with one attached hydrogen (secondary N) is 1. The second-order valence-corrected chi connectivity index (χ2v) is 4.12. The Morgan fingerprint density at radius 2 is 2.35 bits per heavy atom. The summed E-state index contributed by atoms with van der Waals surface area (Å²) >= 11 is 0. The summed E-state index contributed by atoms with van der Waals surface area (Å²) in [4.78, 5) is 15.2. The number of rotatable bonds is 5. The monoisotopic (exact) mass is 238 g/mol. The third kappa shape index (κ3) is 3.42. The number of esters is 1. The van der Waals surface area contributed by atoms with Crippen LogP contribution in [0.3, 0.4) is 0 Å². The van der Waals surface area contributed by atoms with Gasteiger partial charge in [0.1, 0.15) is 5.69 Å². The Bertz CT molecular complexity index is 389. The number of aromatic nitrogens is 1. The van der Waals surface area contributed by atoms with Gasteiger partial charge in [0, 0.05) is 11.9 Å². The Labute approximate surface area is 101 Å². The van der Waals surface area contributed by atoms with Crippen molar-refractivity contribution in [1.29, 1.82) is 0 Å². The lowest BCUT2D eigenvalue weighted by molar-refractivity contribution is 0.0594. The number of nitrogens with zero attached hydrogens (tertiary/aromatic N) is 1. The number of aliphatic hydroxyl groups is 1. The first-order valence-electron chi connectivity index (χ1n) is 5.48. The number of carbonyl (C=O) groups excluding carboxylic acids is 1. The van der Waals surface area contributed by atoms with E-state index in [1.54, 1.807) is 12.1 Å². The first-order valence-corrected chi connectivity index (χ1v) is 5.48. The predicted molar refractivity (Wildman–Crippen MR) is 65.0 cm³/mol. The minimum atomic E-state index is -0.476. The quantitative estimate of drug-likeness (QED) is 0.759. The molecule has 17 heavy (non-hydrogen) atoms. The molecule has 0 fully saturated rings. The lowest BCUT2D eigenvalue weighted by Crippen LogP contribution is -2.38. The highest BCUT2D eigenvalue weighted by molar-refractivity contribution is 5.88. The van der Waals surface area contributed by atoms with Gasteiger partial charge in [-0.15, -0.1) is 0 Å². The molecule has 1 unspecified atom stereocenters. The number of ether oxygens (including phenoxy) is 1. The van der Waals surface area contributed by atoms with E-state index in [-0.39, 0.29) is 12.3 Å². The highest BCUT2D eigenvalue weighted by Gasteiger charge is 2.20. The molecule has 0 radical (unpaired) electrons. The number of carbonyl (C=O) groups is 1. The van der Waals surface area contributed by atoms with Gasteiger partial charge in [0.05, 0.1) is 19.3 Å². The number of hydrogen-bond acceptors (Lipinski definition) is 5. The van der Waals surface area contributed by atoms with E-state index in [0.717, 1.165) is 12.1 Å². The number of pyridine rings is 1. The molecule has 1 heterocycles. The van der Waals surface area contributed by atoms with Crippen molar-refractivity contribution in [3.05, 3.63) is 24.0 Å². The van der Waals surface area contributed by atoms with Gasteiger partial charge in [-0.3, -0.25) is 0 Å². The standard InChI is InChI=1S/C12H18N2O3/c1-4-12(2,8-15)14-9-5-6-13-10(7-9)11(16)17-3/h5-7,15H,4,8H2,1-3H3,(H,13,14). The van der Waals surface area contributed by atoms with E-state index in [4.69, 9.17) is 0 Å². The van der Waals surface area contributed by atoms with Gasteiger partial charge in [0.2, 0.25) is 0 Å². The molecular weight excluding hydrogens is 220 g/mol. The summed E-state index contributed by atoms with van der Waals surface area (Å²) in [5.74, 6) is -0.476. The largest absolute Gasteiger partial charge is 0.464 e. The van der Waals surface area contributed by atoms with Gasteiger partial charge in [-0.1, -0.05) is 6.92 Å². The van der Waals surface area contributed by atoms with Crippen LogP contribution < -0.4 is 5.32 Å². The molecule has 1 atom stereocenters. The van der Waals surface area contributed by atoms with Gasteiger partial charge in [0.25, 0.3) is 0 Å². The third-order valence-corrected chi connectivity index (χ3v) is 2.73. The van der Waals surface area contributed by atoms with Gasteiger partial charge in [0.15, 0.2) is 0 Å². The van der Waals surface area contributed by atoms with Gasteiger partial charge in [-0.05, 0) is 25.5 Å². The van der Waals surface area contributed by atoms with Crippen LogP contribution in [0.15, 0.2) is 18.3 Å². The molecule has 1 aromatic rings. The van der Waals surface area contributed by atoms with Crippen LogP contribution in [0.4, 0.5) is 5.69 Å². The molecule has 0 amide bonds. The van der Waals surface area contributed by atoms with E-state index in [0.29, 0.717) is 0 Å². The van der Waals surface area contributed by atoms with Crippen molar-refractivity contribution in [2.75, 3.05) is 19.0 Å². The molecule has 1 rings (SSSR count). The van der Waals surface area contributed by atoms with Crippen LogP contribution >= 0.6 is 0 Å². The summed E-state index contributed by atoms with van der Waals surface area (Å²) in [6, 6.07) is 3.35. The summed E-state index contributed by atoms with van der Waals surface area (Å²) < 4.78 is 4.60. The average Bonchev–Trinajstić information content (AvgIpc) is 2.38. The van der Waals surface area contributed by atoms with Crippen molar-refractivity contribution in [3.63, 3.8) is 0 Å². The zero-order chi connectivity index (χ0) is 12.9. The van der Waals surface area contributed by atoms with E-state index in [9.17, 15) is 9.90 Å². The van der Waals surface area contributed by atoms with Crippen LogP contribution in [0, 0.1) is 0 Å². The van der Waals surface area contributed by atoms with Gasteiger partial charge < -0.3 is 15.2 Å². The minimum Gasteiger partial charge on any atom is -0.464 e. The number of anilines is 1. The maximum atomic E-state index is 11.3. The van der Waals surface area contributed by atoms with Crippen molar-refractivity contribution in [1.82, 2.24) is 4.98 Å². The summed E-state index contributed by atoms with van der Waals surface area (Å²) in [6.45, 7) is 3.90. The first kappa shape index (κ1) is 13.4. The molecule has 5 heteroatoms. The SMILES string of the molecule is CCC(C)(CO)Nc1ccnc(C(=O)OC)c1. The maximum absolute atomic E-state index is 11.3. The molecule has 0 aromatic carbocycles. The van der Waals surface area contributed by atoms with Crippen LogP contribution in [0.2, 0.25) is 0 Å². The molecule has 0 aliphatic heterocycles. The molecule has 5 nitrogen and oxygen atoms in total. The van der Waals surface area contributed by atoms with Gasteiger partial charge in [-0.25, -0.2) is 9.78 Å². The van der Waals surface area contributed by atoms with E-state index >= 15 is 0 Å². The molecule has 0 aliphatic rings. The van der Waals surface area contributed by atoms with Crippen LogP contribution in [0.1, 0.15) is 30.8 Å². The van der Waals surface area contributed by atoms with Crippen LogP contribution in [0.5, 0.6) is 0 Å². The summed E-state index contributed by atoms with van der Waals surface area (Å²) in [6.07, 6.45) is 2.29. The average molecular weight is 238 g/mol. The predicted octanol–water partition coefficient (Wildman–Crippen LogP) is 1.44. The van der Waals surface area contributed by atoms with Crippen LogP contribution in [0.25, 0.3) is 0 Å². The molecule has 0 bridgehead atoms. The fraction of sp³-hybridized carbons (Fsp3) is 0.500. The molecule has 0 aliphatic carbocycles. The summed E-state index contributed by atoms with van der Waals surface area (Å²) in [5.41, 5.74) is 0.571. The second kappa shape index (κ2) is 5.63. The Hall–Kier alpha value is -1.62. The molecule has 0 saturated heterocycles. The van der Waals surface area contributed by atoms with Crippen molar-refractivity contribution < 1.29 is 14.6 Å². The van der Waals surface area contributed by atoms with Gasteiger partial charge >= 0.3 is 5.97 Å². The Morgan fingerprint density at radius 1 is 1.65 bits per heavy atom. The highest BCUT2D eigenvalue weighted by atomic mass is 16.5. The van der Waals surface area contributed by atoms with E-state index in [2.05, 4.69) is 15.0 Å². The zero-order valence-corrected chi connectivity index (χ0v) is 10.4. The number of aliphatic hydroxyl groups excluding tert-OH is 1. The normalized spacial score (nSPS) is 13.9. The summed E-state index contributed by atoms with van der Waals surface area (Å²) in [7, 11) is 1.31. The molecule has 94 valence electrons. The Kier molecular flexibility index (Phi) is 4.45. The molecule has 0 saturated carbocycles. The number of hydrogen-bond donors (Lipinski definition) is 2. The first-order chi connectivity index (χ1) is 8.04. The highest BCUT2D eigenvalue weighted by Crippen LogP contribution is 2.18. The van der Waals surface area contributed by atoms with Crippen molar-refractivity contribution >= 4 is 11.7 Å². The topological polar surface area (TPSA) is 71.5 Å². The van der Waals surface area contributed by atoms with Crippen molar-refractivity contribution in [2.24, 2.45) is 0 Å².